The zero-order valence-corrected chi connectivity index (χ0v) is 18.1. The van der Waals surface area contributed by atoms with Crippen molar-refractivity contribution in [1.29, 1.82) is 0 Å². The molecule has 2 amide bonds. The van der Waals surface area contributed by atoms with Gasteiger partial charge in [-0.25, -0.2) is 18.3 Å². The Bertz CT molecular complexity index is 1300. The van der Waals surface area contributed by atoms with Crippen LogP contribution in [-0.2, 0) is 0 Å². The Labute approximate surface area is 188 Å². The Kier molecular flexibility index (Phi) is 5.99. The van der Waals surface area contributed by atoms with Crippen molar-refractivity contribution in [3.63, 3.8) is 0 Å². The molecule has 2 aromatic carbocycles. The van der Waals surface area contributed by atoms with Crippen molar-refractivity contribution in [1.82, 2.24) is 20.0 Å². The average molecular weight is 449 g/mol. The van der Waals surface area contributed by atoms with E-state index in [1.165, 1.54) is 0 Å². The quantitative estimate of drug-likeness (QED) is 0.387. The van der Waals surface area contributed by atoms with Crippen molar-refractivity contribution in [2.24, 2.45) is 0 Å². The number of aryl methyl sites for hydroxylation is 1. The number of urea groups is 1. The Hall–Kier alpha value is -4.34. The van der Waals surface area contributed by atoms with Crippen molar-refractivity contribution in [3.05, 3.63) is 83.2 Å². The molecular formula is C23H21F2N7O. The molecule has 0 fully saturated rings. The van der Waals surface area contributed by atoms with Crippen LogP contribution in [0.2, 0.25) is 0 Å². The summed E-state index contributed by atoms with van der Waals surface area (Å²) in [4.78, 5) is 12.1. The molecule has 4 aromatic rings. The first-order valence-electron chi connectivity index (χ1n) is 10.1. The van der Waals surface area contributed by atoms with E-state index in [9.17, 15) is 13.6 Å². The van der Waals surface area contributed by atoms with Crippen molar-refractivity contribution in [2.75, 3.05) is 16.0 Å². The SMILES string of the molecule is Cc1nn(-c2ccc(Nc3ccc(NC(=O)Nc4ccc(F)cc4F)cc3)nn2)c(C)c1C. The number of halogens is 2. The number of nitrogens with zero attached hydrogens (tertiary/aromatic N) is 4. The van der Waals surface area contributed by atoms with E-state index in [-0.39, 0.29) is 5.69 Å². The highest BCUT2D eigenvalue weighted by Crippen LogP contribution is 2.20. The minimum Gasteiger partial charge on any atom is -0.339 e. The van der Waals surface area contributed by atoms with Crippen LogP contribution in [0.15, 0.2) is 54.6 Å². The number of rotatable bonds is 5. The first-order valence-corrected chi connectivity index (χ1v) is 10.1. The van der Waals surface area contributed by atoms with Crippen LogP contribution in [0.3, 0.4) is 0 Å². The Morgan fingerprint density at radius 1 is 0.879 bits per heavy atom. The average Bonchev–Trinajstić information content (AvgIpc) is 3.05. The number of benzene rings is 2. The first-order chi connectivity index (χ1) is 15.8. The van der Waals surface area contributed by atoms with E-state index in [1.54, 1.807) is 35.0 Å². The van der Waals surface area contributed by atoms with Gasteiger partial charge in [0.1, 0.15) is 11.6 Å². The van der Waals surface area contributed by atoms with Crippen molar-refractivity contribution in [3.8, 4) is 5.82 Å². The number of hydrogen-bond donors (Lipinski definition) is 3. The molecule has 8 nitrogen and oxygen atoms in total. The lowest BCUT2D eigenvalue weighted by Gasteiger charge is -2.10. The smallest absolute Gasteiger partial charge is 0.323 e. The van der Waals surface area contributed by atoms with Gasteiger partial charge in [-0.2, -0.15) is 5.10 Å². The van der Waals surface area contributed by atoms with Gasteiger partial charge in [0.05, 0.1) is 11.4 Å². The predicted molar refractivity (Wildman–Crippen MR) is 122 cm³/mol. The molecule has 2 heterocycles. The Morgan fingerprint density at radius 2 is 1.61 bits per heavy atom. The third-order valence-electron chi connectivity index (χ3n) is 5.12. The maximum absolute atomic E-state index is 13.7. The monoisotopic (exact) mass is 449 g/mol. The molecule has 0 aliphatic heterocycles. The second-order valence-electron chi connectivity index (χ2n) is 7.39. The van der Waals surface area contributed by atoms with E-state index in [0.29, 0.717) is 23.4 Å². The summed E-state index contributed by atoms with van der Waals surface area (Å²) in [5.41, 5.74) is 4.17. The number of hydrogen-bond acceptors (Lipinski definition) is 5. The van der Waals surface area contributed by atoms with Gasteiger partial charge in [0.25, 0.3) is 0 Å². The number of amides is 2. The van der Waals surface area contributed by atoms with Crippen LogP contribution in [0, 0.1) is 32.4 Å². The number of nitrogens with one attached hydrogen (secondary N) is 3. The van der Waals surface area contributed by atoms with Gasteiger partial charge in [-0.15, -0.1) is 10.2 Å². The highest BCUT2D eigenvalue weighted by Gasteiger charge is 2.11. The third kappa shape index (κ3) is 4.95. The minimum atomic E-state index is -0.857. The summed E-state index contributed by atoms with van der Waals surface area (Å²) in [7, 11) is 0. The fraction of sp³-hybridized carbons (Fsp3) is 0.130. The molecule has 168 valence electrons. The van der Waals surface area contributed by atoms with Crippen LogP contribution >= 0.6 is 0 Å². The summed E-state index contributed by atoms with van der Waals surface area (Å²) < 4.78 is 28.4. The maximum atomic E-state index is 13.7. The van der Waals surface area contributed by atoms with Gasteiger partial charge < -0.3 is 16.0 Å². The fourth-order valence-corrected chi connectivity index (χ4v) is 3.11. The molecule has 0 atom stereocenters. The normalized spacial score (nSPS) is 10.7. The number of anilines is 4. The maximum Gasteiger partial charge on any atom is 0.323 e. The Morgan fingerprint density at radius 3 is 2.21 bits per heavy atom. The molecule has 3 N–H and O–H groups in total. The lowest BCUT2D eigenvalue weighted by Crippen LogP contribution is -2.20. The molecule has 0 spiro atoms. The molecule has 0 aliphatic rings. The molecule has 0 aliphatic carbocycles. The van der Waals surface area contributed by atoms with Gasteiger partial charge >= 0.3 is 6.03 Å². The molecule has 0 saturated carbocycles. The van der Waals surface area contributed by atoms with E-state index < -0.39 is 17.7 Å². The second-order valence-corrected chi connectivity index (χ2v) is 7.39. The highest BCUT2D eigenvalue weighted by atomic mass is 19.1. The van der Waals surface area contributed by atoms with E-state index in [1.807, 2.05) is 26.8 Å². The third-order valence-corrected chi connectivity index (χ3v) is 5.12. The topological polar surface area (TPSA) is 96.8 Å². The molecule has 33 heavy (non-hydrogen) atoms. The molecule has 10 heteroatoms. The summed E-state index contributed by atoms with van der Waals surface area (Å²) >= 11 is 0. The largest absolute Gasteiger partial charge is 0.339 e. The van der Waals surface area contributed by atoms with Gasteiger partial charge in [0.15, 0.2) is 11.6 Å². The van der Waals surface area contributed by atoms with Gasteiger partial charge in [0, 0.05) is 23.1 Å². The standard InChI is InChI=1S/C23H21F2N7O/c1-13-14(2)31-32(15(13)3)22-11-10-21(29-30-22)26-17-5-7-18(8-6-17)27-23(33)28-20-9-4-16(24)12-19(20)25/h4-12H,1-3H3,(H,26,29)(H2,27,28,33). The zero-order valence-electron chi connectivity index (χ0n) is 18.1. The molecule has 0 saturated heterocycles. The van der Waals surface area contributed by atoms with Gasteiger partial charge in [-0.3, -0.25) is 0 Å². The molecule has 2 aromatic heterocycles. The summed E-state index contributed by atoms with van der Waals surface area (Å²) in [6, 6.07) is 12.7. The van der Waals surface area contributed by atoms with Crippen molar-refractivity contribution >= 4 is 28.9 Å². The highest BCUT2D eigenvalue weighted by molar-refractivity contribution is 5.99. The van der Waals surface area contributed by atoms with Crippen LogP contribution < -0.4 is 16.0 Å². The van der Waals surface area contributed by atoms with Gasteiger partial charge in [-0.05, 0) is 74.9 Å². The van der Waals surface area contributed by atoms with Crippen molar-refractivity contribution in [2.45, 2.75) is 20.8 Å². The molecule has 0 radical (unpaired) electrons. The summed E-state index contributed by atoms with van der Waals surface area (Å²) in [5.74, 6) is -0.410. The molecule has 0 bridgehead atoms. The summed E-state index contributed by atoms with van der Waals surface area (Å²) in [6.45, 7) is 5.95. The molecule has 4 rings (SSSR count). The van der Waals surface area contributed by atoms with Crippen LogP contribution in [0.1, 0.15) is 17.0 Å². The minimum absolute atomic E-state index is 0.121. The van der Waals surface area contributed by atoms with E-state index in [2.05, 4.69) is 31.2 Å². The van der Waals surface area contributed by atoms with E-state index >= 15 is 0 Å². The first kappa shape index (κ1) is 21.9. The lowest BCUT2D eigenvalue weighted by atomic mass is 10.2. The zero-order chi connectivity index (χ0) is 23.5. The number of aromatic nitrogens is 4. The lowest BCUT2D eigenvalue weighted by molar-refractivity contribution is 0.262. The molecule has 0 unspecified atom stereocenters. The van der Waals surface area contributed by atoms with E-state index in [0.717, 1.165) is 34.8 Å². The van der Waals surface area contributed by atoms with Crippen LogP contribution in [-0.4, -0.2) is 26.0 Å². The Balaban J connectivity index is 1.37. The molecular weight excluding hydrogens is 428 g/mol. The predicted octanol–water partition coefficient (Wildman–Crippen LogP) is 5.25. The van der Waals surface area contributed by atoms with Gasteiger partial charge in [-0.1, -0.05) is 0 Å². The van der Waals surface area contributed by atoms with Crippen LogP contribution in [0.25, 0.3) is 5.82 Å². The van der Waals surface area contributed by atoms with Crippen LogP contribution in [0.4, 0.5) is 36.5 Å². The van der Waals surface area contributed by atoms with Gasteiger partial charge in [0.2, 0.25) is 0 Å². The van der Waals surface area contributed by atoms with Crippen molar-refractivity contribution < 1.29 is 13.6 Å². The summed E-state index contributed by atoms with van der Waals surface area (Å²) in [5, 5.41) is 21.0. The van der Waals surface area contributed by atoms with Crippen LogP contribution in [0.5, 0.6) is 0 Å². The number of carbonyl (C=O) groups excluding carboxylic acids is 1. The second kappa shape index (κ2) is 9.03. The van der Waals surface area contributed by atoms with E-state index in [4.69, 9.17) is 0 Å². The fourth-order valence-electron chi connectivity index (χ4n) is 3.11. The number of carbonyl (C=O) groups is 1. The summed E-state index contributed by atoms with van der Waals surface area (Å²) in [6.07, 6.45) is 0.